The molecule has 2 saturated carbocycles. The van der Waals surface area contributed by atoms with Crippen molar-refractivity contribution in [2.75, 3.05) is 10.2 Å². The summed E-state index contributed by atoms with van der Waals surface area (Å²) >= 11 is 6.13. The number of rotatable bonds is 4. The van der Waals surface area contributed by atoms with E-state index >= 15 is 0 Å². The zero-order valence-corrected chi connectivity index (χ0v) is 19.1. The molecule has 5 atom stereocenters. The van der Waals surface area contributed by atoms with Gasteiger partial charge in [-0.05, 0) is 72.6 Å². The van der Waals surface area contributed by atoms with Gasteiger partial charge in [0, 0.05) is 5.56 Å². The second-order valence-corrected chi connectivity index (χ2v) is 9.86. The van der Waals surface area contributed by atoms with Crippen LogP contribution in [0.4, 0.5) is 11.4 Å². The number of para-hydroxylation sites is 1. The average molecular weight is 471 g/mol. The van der Waals surface area contributed by atoms with Crippen LogP contribution in [0.3, 0.4) is 0 Å². The summed E-state index contributed by atoms with van der Waals surface area (Å²) < 4.78 is 0. The van der Waals surface area contributed by atoms with Crippen LogP contribution in [0.1, 0.15) is 34.7 Å². The molecule has 3 aromatic carbocycles. The van der Waals surface area contributed by atoms with Crippen LogP contribution in [-0.4, -0.2) is 17.7 Å². The van der Waals surface area contributed by atoms with Gasteiger partial charge in [-0.2, -0.15) is 0 Å². The van der Waals surface area contributed by atoms with E-state index < -0.39 is 0 Å². The molecule has 6 heteroatoms. The van der Waals surface area contributed by atoms with Crippen molar-refractivity contribution in [1.29, 1.82) is 0 Å². The Bertz CT molecular complexity index is 1290. The van der Waals surface area contributed by atoms with Crippen molar-refractivity contribution in [3.63, 3.8) is 0 Å². The SMILES string of the molecule is O=C(Nc1ccccc1Cl)c1ccc(N2C(=O)[C@@H]3[C@@H]4C[C@@H]([C@@H]3C2=O)[C@H](c2ccccc2)C4)cc1. The highest BCUT2D eigenvalue weighted by Gasteiger charge is 2.64. The summed E-state index contributed by atoms with van der Waals surface area (Å²) in [4.78, 5) is 40.8. The van der Waals surface area contributed by atoms with Crippen molar-refractivity contribution in [3.05, 3.63) is 95.0 Å². The van der Waals surface area contributed by atoms with E-state index in [0.29, 0.717) is 27.9 Å². The Kier molecular flexibility index (Phi) is 5.03. The highest BCUT2D eigenvalue weighted by atomic mass is 35.5. The van der Waals surface area contributed by atoms with Crippen LogP contribution in [0.5, 0.6) is 0 Å². The van der Waals surface area contributed by atoms with Gasteiger partial charge < -0.3 is 5.32 Å². The number of hydrogen-bond acceptors (Lipinski definition) is 3. The fourth-order valence-corrected chi connectivity index (χ4v) is 6.50. The molecule has 3 aromatic rings. The highest BCUT2D eigenvalue weighted by Crippen LogP contribution is 2.61. The number of halogens is 1. The number of hydrogen-bond donors (Lipinski definition) is 1. The van der Waals surface area contributed by atoms with Gasteiger partial charge in [-0.3, -0.25) is 19.3 Å². The number of imide groups is 1. The topological polar surface area (TPSA) is 66.5 Å². The number of anilines is 2. The second-order valence-electron chi connectivity index (χ2n) is 9.46. The van der Waals surface area contributed by atoms with E-state index in [0.717, 1.165) is 12.8 Å². The minimum atomic E-state index is -0.306. The normalized spacial score (nSPS) is 27.2. The molecule has 2 bridgehead atoms. The summed E-state index contributed by atoms with van der Waals surface area (Å²) in [6, 6.07) is 24.0. The third-order valence-corrected chi connectivity index (χ3v) is 8.08. The molecule has 0 unspecified atom stereocenters. The molecule has 3 aliphatic rings. The van der Waals surface area contributed by atoms with E-state index in [1.807, 2.05) is 18.2 Å². The molecule has 3 amide bonds. The molecule has 34 heavy (non-hydrogen) atoms. The van der Waals surface area contributed by atoms with Gasteiger partial charge in [0.05, 0.1) is 28.2 Å². The first-order chi connectivity index (χ1) is 16.5. The van der Waals surface area contributed by atoms with Crippen LogP contribution >= 0.6 is 11.6 Å². The number of nitrogens with one attached hydrogen (secondary N) is 1. The fraction of sp³-hybridized carbons (Fsp3) is 0.250. The summed E-state index contributed by atoms with van der Waals surface area (Å²) in [5.74, 6) is -0.180. The largest absolute Gasteiger partial charge is 0.321 e. The summed E-state index contributed by atoms with van der Waals surface area (Å²) in [6.45, 7) is 0. The van der Waals surface area contributed by atoms with Gasteiger partial charge in [-0.25, -0.2) is 0 Å². The smallest absolute Gasteiger partial charge is 0.255 e. The van der Waals surface area contributed by atoms with Gasteiger partial charge in [0.2, 0.25) is 11.8 Å². The molecule has 1 saturated heterocycles. The molecular formula is C28H23ClN2O3. The Morgan fingerprint density at radius 1 is 0.824 bits per heavy atom. The molecule has 0 aromatic heterocycles. The van der Waals surface area contributed by atoms with Crippen LogP contribution in [0.2, 0.25) is 5.02 Å². The summed E-state index contributed by atoms with van der Waals surface area (Å²) in [6.07, 6.45) is 1.91. The molecule has 2 aliphatic carbocycles. The molecule has 1 N–H and O–H groups in total. The van der Waals surface area contributed by atoms with Gasteiger partial charge >= 0.3 is 0 Å². The molecule has 1 aliphatic heterocycles. The van der Waals surface area contributed by atoms with Gasteiger partial charge in [0.1, 0.15) is 0 Å². The third kappa shape index (κ3) is 3.26. The van der Waals surface area contributed by atoms with E-state index in [9.17, 15) is 14.4 Å². The van der Waals surface area contributed by atoms with Crippen LogP contribution in [0.25, 0.3) is 0 Å². The van der Waals surface area contributed by atoms with Crippen molar-refractivity contribution in [3.8, 4) is 0 Å². The lowest BCUT2D eigenvalue weighted by Crippen LogP contribution is -2.33. The van der Waals surface area contributed by atoms with E-state index in [2.05, 4.69) is 17.4 Å². The van der Waals surface area contributed by atoms with Gasteiger partial charge in [0.25, 0.3) is 5.91 Å². The molecule has 1 heterocycles. The van der Waals surface area contributed by atoms with Crippen molar-refractivity contribution in [2.45, 2.75) is 18.8 Å². The van der Waals surface area contributed by atoms with Gasteiger partial charge in [0.15, 0.2) is 0 Å². The Labute approximate surface area is 202 Å². The predicted molar refractivity (Wildman–Crippen MR) is 131 cm³/mol. The van der Waals surface area contributed by atoms with Gasteiger partial charge in [-0.15, -0.1) is 0 Å². The quantitative estimate of drug-likeness (QED) is 0.510. The number of carbonyl (C=O) groups is 3. The summed E-state index contributed by atoms with van der Waals surface area (Å²) in [7, 11) is 0. The monoisotopic (exact) mass is 470 g/mol. The minimum absolute atomic E-state index is 0.0951. The predicted octanol–water partition coefficient (Wildman–Crippen LogP) is 5.52. The van der Waals surface area contributed by atoms with Crippen LogP contribution < -0.4 is 10.2 Å². The van der Waals surface area contributed by atoms with Gasteiger partial charge in [-0.1, -0.05) is 54.1 Å². The zero-order valence-electron chi connectivity index (χ0n) is 18.4. The van der Waals surface area contributed by atoms with E-state index in [-0.39, 0.29) is 41.4 Å². The first-order valence-electron chi connectivity index (χ1n) is 11.6. The fourth-order valence-electron chi connectivity index (χ4n) is 6.32. The maximum atomic E-state index is 13.5. The Hall–Kier alpha value is -3.44. The van der Waals surface area contributed by atoms with Crippen LogP contribution in [-0.2, 0) is 9.59 Å². The maximum Gasteiger partial charge on any atom is 0.255 e. The standard InChI is InChI=1S/C28H23ClN2O3/c29-22-8-4-5-9-23(22)30-26(32)17-10-12-19(13-11-17)31-27(33)24-18-14-20(16-6-2-1-3-7-16)21(15-18)25(24)28(31)34/h1-13,18,20-21,24-25H,14-15H2,(H,30,32)/t18-,20-,21+,24+,25-/m0/s1. The third-order valence-electron chi connectivity index (χ3n) is 7.75. The molecule has 6 rings (SSSR count). The van der Waals surface area contributed by atoms with Crippen molar-refractivity contribution < 1.29 is 14.4 Å². The zero-order chi connectivity index (χ0) is 23.4. The first kappa shape index (κ1) is 21.1. The molecule has 170 valence electrons. The Morgan fingerprint density at radius 2 is 1.50 bits per heavy atom. The first-order valence-corrected chi connectivity index (χ1v) is 12.0. The Balaban J connectivity index is 1.22. The molecule has 0 spiro atoms. The number of fused-ring (bicyclic) bond motifs is 5. The highest BCUT2D eigenvalue weighted by molar-refractivity contribution is 6.34. The summed E-state index contributed by atoms with van der Waals surface area (Å²) in [5.41, 5.74) is 2.74. The van der Waals surface area contributed by atoms with Crippen LogP contribution in [0, 0.1) is 23.7 Å². The van der Waals surface area contributed by atoms with E-state index in [1.54, 1.807) is 48.5 Å². The summed E-state index contributed by atoms with van der Waals surface area (Å²) in [5, 5.41) is 3.24. The lowest BCUT2D eigenvalue weighted by Gasteiger charge is -2.28. The number of nitrogens with zero attached hydrogens (tertiary/aromatic N) is 1. The minimum Gasteiger partial charge on any atom is -0.321 e. The van der Waals surface area contributed by atoms with Crippen molar-refractivity contribution in [1.82, 2.24) is 0 Å². The maximum absolute atomic E-state index is 13.5. The lowest BCUT2D eigenvalue weighted by molar-refractivity contribution is -0.123. The average Bonchev–Trinajstić information content (AvgIpc) is 3.52. The number of carbonyl (C=O) groups excluding carboxylic acids is 3. The van der Waals surface area contributed by atoms with Crippen molar-refractivity contribution in [2.24, 2.45) is 23.7 Å². The molecule has 5 nitrogen and oxygen atoms in total. The second kappa shape index (κ2) is 8.10. The van der Waals surface area contributed by atoms with E-state index in [1.165, 1.54) is 10.5 Å². The molecular weight excluding hydrogens is 448 g/mol. The van der Waals surface area contributed by atoms with E-state index in [4.69, 9.17) is 11.6 Å². The molecule has 3 fully saturated rings. The molecule has 0 radical (unpaired) electrons. The van der Waals surface area contributed by atoms with Crippen LogP contribution in [0.15, 0.2) is 78.9 Å². The number of benzene rings is 3. The Morgan fingerprint density at radius 3 is 2.24 bits per heavy atom. The number of amides is 3. The van der Waals surface area contributed by atoms with Crippen molar-refractivity contribution >= 4 is 40.7 Å². The lowest BCUT2D eigenvalue weighted by atomic mass is 9.73.